The van der Waals surface area contributed by atoms with Crippen LogP contribution in [0.3, 0.4) is 0 Å². The third-order valence-electron chi connectivity index (χ3n) is 3.93. The van der Waals surface area contributed by atoms with Crippen molar-refractivity contribution in [3.63, 3.8) is 0 Å². The Balaban J connectivity index is 2.49. The summed E-state index contributed by atoms with van der Waals surface area (Å²) in [6.45, 7) is 5.51. The summed E-state index contributed by atoms with van der Waals surface area (Å²) in [4.78, 5) is 13.6. The van der Waals surface area contributed by atoms with Crippen molar-refractivity contribution in [1.29, 1.82) is 0 Å². The van der Waals surface area contributed by atoms with Gasteiger partial charge in [-0.3, -0.25) is 4.79 Å². The van der Waals surface area contributed by atoms with Crippen LogP contribution in [-0.2, 0) is 4.79 Å². The van der Waals surface area contributed by atoms with Crippen LogP contribution in [0.4, 0.5) is 0 Å². The fourth-order valence-electron chi connectivity index (χ4n) is 2.42. The van der Waals surface area contributed by atoms with Crippen molar-refractivity contribution in [3.8, 4) is 0 Å². The number of nitrogens with zero attached hydrogens (tertiary/aromatic N) is 1. The lowest BCUT2D eigenvalue weighted by Gasteiger charge is -2.28. The van der Waals surface area contributed by atoms with E-state index < -0.39 is 5.54 Å². The first kappa shape index (κ1) is 13.5. The van der Waals surface area contributed by atoms with Gasteiger partial charge in [-0.2, -0.15) is 0 Å². The van der Waals surface area contributed by atoms with Crippen molar-refractivity contribution in [1.82, 2.24) is 4.90 Å². The fraction of sp³-hybridized carbons (Fsp3) is 0.917. The zero-order valence-electron chi connectivity index (χ0n) is 10.7. The zero-order valence-corrected chi connectivity index (χ0v) is 10.7. The summed E-state index contributed by atoms with van der Waals surface area (Å²) in [5.41, 5.74) is 10.6. The molecule has 0 heterocycles. The van der Waals surface area contributed by atoms with Crippen molar-refractivity contribution in [2.24, 2.45) is 17.4 Å². The van der Waals surface area contributed by atoms with E-state index in [1.165, 1.54) is 6.42 Å². The minimum Gasteiger partial charge on any atom is -0.368 e. The molecule has 0 aromatic heterocycles. The van der Waals surface area contributed by atoms with Crippen molar-refractivity contribution in [2.45, 2.75) is 51.1 Å². The lowest BCUT2D eigenvalue weighted by atomic mass is 9.98. The van der Waals surface area contributed by atoms with E-state index in [9.17, 15) is 4.79 Å². The van der Waals surface area contributed by atoms with Gasteiger partial charge in [0.05, 0.1) is 5.54 Å². The molecule has 1 aliphatic rings. The van der Waals surface area contributed by atoms with Crippen LogP contribution < -0.4 is 11.5 Å². The van der Waals surface area contributed by atoms with Crippen molar-refractivity contribution < 1.29 is 4.79 Å². The molecule has 94 valence electrons. The van der Waals surface area contributed by atoms with Crippen LogP contribution in [0.1, 0.15) is 39.5 Å². The third kappa shape index (κ3) is 2.95. The molecule has 3 unspecified atom stereocenters. The van der Waals surface area contributed by atoms with Crippen LogP contribution in [-0.4, -0.2) is 36.0 Å². The number of nitrogens with two attached hydrogens (primary N) is 2. The number of hydrogen-bond acceptors (Lipinski definition) is 3. The predicted molar refractivity (Wildman–Crippen MR) is 65.8 cm³/mol. The second-order valence-electron chi connectivity index (χ2n) is 5.37. The highest BCUT2D eigenvalue weighted by atomic mass is 16.1. The Bertz CT molecular complexity index is 257. The van der Waals surface area contributed by atoms with E-state index in [0.717, 1.165) is 19.4 Å². The molecule has 3 atom stereocenters. The SMILES string of the molecule is CCC(C)CN(C)C1CCC(N)(C(N)=O)C1. The smallest absolute Gasteiger partial charge is 0.237 e. The number of rotatable bonds is 5. The van der Waals surface area contributed by atoms with Crippen LogP contribution in [0.15, 0.2) is 0 Å². The first-order valence-electron chi connectivity index (χ1n) is 6.18. The first-order valence-corrected chi connectivity index (χ1v) is 6.18. The summed E-state index contributed by atoms with van der Waals surface area (Å²) in [5, 5.41) is 0. The summed E-state index contributed by atoms with van der Waals surface area (Å²) >= 11 is 0. The van der Waals surface area contributed by atoms with Gasteiger partial charge in [-0.1, -0.05) is 20.3 Å². The van der Waals surface area contributed by atoms with Gasteiger partial charge in [0, 0.05) is 12.6 Å². The number of hydrogen-bond donors (Lipinski definition) is 2. The fourth-order valence-corrected chi connectivity index (χ4v) is 2.42. The maximum atomic E-state index is 11.2. The molecule has 0 aliphatic heterocycles. The molecule has 0 saturated heterocycles. The van der Waals surface area contributed by atoms with Crippen molar-refractivity contribution >= 4 is 5.91 Å². The van der Waals surface area contributed by atoms with E-state index in [-0.39, 0.29) is 5.91 Å². The highest BCUT2D eigenvalue weighted by Crippen LogP contribution is 2.30. The molecule has 0 aromatic carbocycles. The van der Waals surface area contributed by atoms with Crippen molar-refractivity contribution in [2.75, 3.05) is 13.6 Å². The first-order chi connectivity index (χ1) is 7.39. The Morgan fingerprint density at radius 1 is 1.62 bits per heavy atom. The van der Waals surface area contributed by atoms with Gasteiger partial charge in [0.15, 0.2) is 0 Å². The monoisotopic (exact) mass is 227 g/mol. The average molecular weight is 227 g/mol. The molecule has 0 radical (unpaired) electrons. The quantitative estimate of drug-likeness (QED) is 0.726. The Labute approximate surface area is 98.3 Å². The molecule has 1 fully saturated rings. The summed E-state index contributed by atoms with van der Waals surface area (Å²) in [6, 6.07) is 0.409. The van der Waals surface area contributed by atoms with Gasteiger partial charge >= 0.3 is 0 Å². The molecular formula is C12H25N3O. The third-order valence-corrected chi connectivity index (χ3v) is 3.93. The maximum absolute atomic E-state index is 11.2. The number of amides is 1. The molecule has 0 bridgehead atoms. The van der Waals surface area contributed by atoms with Gasteiger partial charge in [-0.15, -0.1) is 0 Å². The maximum Gasteiger partial charge on any atom is 0.237 e. The normalized spacial score (nSPS) is 31.9. The minimum absolute atomic E-state index is 0.355. The summed E-state index contributed by atoms with van der Waals surface area (Å²) < 4.78 is 0. The van der Waals surface area contributed by atoms with Gasteiger partial charge in [0.2, 0.25) is 5.91 Å². The molecule has 0 aromatic rings. The number of carbonyl (C=O) groups is 1. The van der Waals surface area contributed by atoms with Crippen LogP contribution in [0.25, 0.3) is 0 Å². The van der Waals surface area contributed by atoms with Crippen LogP contribution >= 0.6 is 0 Å². The molecule has 16 heavy (non-hydrogen) atoms. The highest BCUT2D eigenvalue weighted by molar-refractivity contribution is 5.84. The lowest BCUT2D eigenvalue weighted by Crippen LogP contribution is -2.51. The van der Waals surface area contributed by atoms with Crippen LogP contribution in [0.2, 0.25) is 0 Å². The molecule has 4 heteroatoms. The molecule has 4 nitrogen and oxygen atoms in total. The molecule has 1 rings (SSSR count). The van der Waals surface area contributed by atoms with Crippen molar-refractivity contribution in [3.05, 3.63) is 0 Å². The van der Waals surface area contributed by atoms with Gasteiger partial charge in [-0.25, -0.2) is 0 Å². The number of primary amides is 1. The Kier molecular flexibility index (Phi) is 4.33. The highest BCUT2D eigenvalue weighted by Gasteiger charge is 2.41. The second-order valence-corrected chi connectivity index (χ2v) is 5.37. The largest absolute Gasteiger partial charge is 0.368 e. The Hall–Kier alpha value is -0.610. The van der Waals surface area contributed by atoms with Gasteiger partial charge in [0.1, 0.15) is 0 Å². The Morgan fingerprint density at radius 2 is 2.25 bits per heavy atom. The molecular weight excluding hydrogens is 202 g/mol. The summed E-state index contributed by atoms with van der Waals surface area (Å²) in [6.07, 6.45) is 3.58. The van der Waals surface area contributed by atoms with E-state index in [4.69, 9.17) is 11.5 Å². The van der Waals surface area contributed by atoms with E-state index in [1.54, 1.807) is 0 Å². The standard InChI is InChI=1S/C12H25N3O/c1-4-9(2)8-15(3)10-5-6-12(14,7-10)11(13)16/h9-10H,4-8,14H2,1-3H3,(H2,13,16). The molecule has 1 aliphatic carbocycles. The average Bonchev–Trinajstić information content (AvgIpc) is 2.62. The van der Waals surface area contributed by atoms with E-state index in [1.807, 2.05) is 0 Å². The molecule has 1 saturated carbocycles. The van der Waals surface area contributed by atoms with Gasteiger partial charge in [-0.05, 0) is 32.2 Å². The Morgan fingerprint density at radius 3 is 2.69 bits per heavy atom. The van der Waals surface area contributed by atoms with E-state index in [2.05, 4.69) is 25.8 Å². The number of carbonyl (C=O) groups excluding carboxylic acids is 1. The van der Waals surface area contributed by atoms with Gasteiger partial charge in [0.25, 0.3) is 0 Å². The molecule has 1 amide bonds. The summed E-state index contributed by atoms with van der Waals surface area (Å²) in [5.74, 6) is 0.332. The minimum atomic E-state index is -0.769. The van der Waals surface area contributed by atoms with E-state index in [0.29, 0.717) is 18.4 Å². The van der Waals surface area contributed by atoms with Gasteiger partial charge < -0.3 is 16.4 Å². The van der Waals surface area contributed by atoms with Crippen LogP contribution in [0.5, 0.6) is 0 Å². The van der Waals surface area contributed by atoms with Crippen LogP contribution in [0, 0.1) is 5.92 Å². The second kappa shape index (κ2) is 5.15. The molecule has 0 spiro atoms. The van der Waals surface area contributed by atoms with E-state index >= 15 is 0 Å². The lowest BCUT2D eigenvalue weighted by molar-refractivity contribution is -0.123. The molecule has 4 N–H and O–H groups in total. The zero-order chi connectivity index (χ0) is 12.3. The summed E-state index contributed by atoms with van der Waals surface area (Å²) in [7, 11) is 2.11. The predicted octanol–water partition coefficient (Wildman–Crippen LogP) is 0.700. The topological polar surface area (TPSA) is 72.3 Å².